The van der Waals surface area contributed by atoms with Crippen molar-refractivity contribution in [2.75, 3.05) is 0 Å². The van der Waals surface area contributed by atoms with Gasteiger partial charge in [0.2, 0.25) is 11.8 Å². The Bertz CT molecular complexity index is 1080. The minimum Gasteiger partial charge on any atom is -0.456 e. The molecule has 1 fully saturated rings. The number of cyclic esters (lactones) is 1. The van der Waals surface area contributed by atoms with Crippen LogP contribution in [0.25, 0.3) is 6.08 Å². The zero-order valence-electron chi connectivity index (χ0n) is 25.3. The van der Waals surface area contributed by atoms with Gasteiger partial charge in [-0.15, -0.1) is 0 Å². The number of carbonyl (C=O) groups is 4. The van der Waals surface area contributed by atoms with E-state index in [2.05, 4.69) is 22.5 Å². The molecular formula is C31H47N3O6. The molecule has 0 saturated carbocycles. The second-order valence-electron chi connectivity index (χ2n) is 11.6. The van der Waals surface area contributed by atoms with Crippen molar-refractivity contribution >= 4 is 29.6 Å². The van der Waals surface area contributed by atoms with Gasteiger partial charge in [0.25, 0.3) is 0 Å². The number of hydrogen-bond donors (Lipinski definition) is 2. The molecule has 7 atom stereocenters. The number of oxazole rings is 1. The van der Waals surface area contributed by atoms with Gasteiger partial charge in [-0.3, -0.25) is 14.4 Å². The zero-order chi connectivity index (χ0) is 30.0. The molecule has 9 heteroatoms. The van der Waals surface area contributed by atoms with E-state index >= 15 is 0 Å². The number of Topliss-reactive ketones (excluding diaryl/α,β-unsaturated/α-hetero) is 1. The Morgan fingerprint density at radius 3 is 2.23 bits per heavy atom. The molecule has 1 saturated heterocycles. The number of ether oxygens (including phenoxy) is 1. The predicted molar refractivity (Wildman–Crippen MR) is 154 cm³/mol. The highest BCUT2D eigenvalue weighted by molar-refractivity contribution is 6.01. The first-order valence-electron chi connectivity index (χ1n) is 14.4. The summed E-state index contributed by atoms with van der Waals surface area (Å²) in [5.74, 6) is -2.02. The maximum absolute atomic E-state index is 13.5. The standard InChI is InChI=1S/C31H47N3O6/c1-9-21(6)28-30(37)34-29(22(7)10-2)31(38)40-26(23(8)25(35)15-27(36)33-28)14-20(5)12-18(3)11-19(4)13-24-16-32-17-39-24/h13-14,16-18,21-23,26,28-29H,9-12,15H2,1-8H3,(H,33,36)(H,34,37)/b19-13+,20-14+/t18?,21-,22+,23-,26-,28+,29-/m0/s1. The molecule has 40 heavy (non-hydrogen) atoms. The smallest absolute Gasteiger partial charge is 0.329 e. The normalized spacial score (nSPS) is 26.1. The van der Waals surface area contributed by atoms with Crippen LogP contribution in [-0.2, 0) is 23.9 Å². The second-order valence-corrected chi connectivity index (χ2v) is 11.6. The van der Waals surface area contributed by atoms with E-state index in [1.165, 1.54) is 6.39 Å². The average molecular weight is 558 g/mol. The Morgan fingerprint density at radius 2 is 1.62 bits per heavy atom. The fourth-order valence-corrected chi connectivity index (χ4v) is 4.95. The highest BCUT2D eigenvalue weighted by atomic mass is 16.5. The van der Waals surface area contributed by atoms with Gasteiger partial charge in [0, 0.05) is 0 Å². The number of nitrogens with one attached hydrogen (secondary N) is 2. The summed E-state index contributed by atoms with van der Waals surface area (Å²) in [6.07, 6.45) is 8.39. The Hall–Kier alpha value is -3.23. The minimum absolute atomic E-state index is 0.178. The van der Waals surface area contributed by atoms with Crippen molar-refractivity contribution in [1.82, 2.24) is 15.6 Å². The van der Waals surface area contributed by atoms with Crippen molar-refractivity contribution in [1.29, 1.82) is 0 Å². The Kier molecular flexibility index (Phi) is 12.8. The van der Waals surface area contributed by atoms with Crippen molar-refractivity contribution in [3.8, 4) is 0 Å². The number of nitrogens with zero attached hydrogens (tertiary/aromatic N) is 1. The molecule has 2 N–H and O–H groups in total. The summed E-state index contributed by atoms with van der Waals surface area (Å²) < 4.78 is 11.2. The van der Waals surface area contributed by atoms with E-state index in [1.54, 1.807) is 13.1 Å². The summed E-state index contributed by atoms with van der Waals surface area (Å²) in [6.45, 7) is 15.4. The molecule has 1 aliphatic rings. The molecule has 1 aromatic heterocycles. The van der Waals surface area contributed by atoms with Gasteiger partial charge in [-0.2, -0.15) is 0 Å². The van der Waals surface area contributed by atoms with Gasteiger partial charge in [-0.1, -0.05) is 65.5 Å². The van der Waals surface area contributed by atoms with E-state index in [1.807, 2.05) is 53.7 Å². The number of aromatic nitrogens is 1. The van der Waals surface area contributed by atoms with Crippen LogP contribution in [0.1, 0.15) is 93.3 Å². The quantitative estimate of drug-likeness (QED) is 0.235. The van der Waals surface area contributed by atoms with Crippen LogP contribution in [0.15, 0.2) is 34.2 Å². The number of amides is 2. The lowest BCUT2D eigenvalue weighted by Gasteiger charge is -2.31. The van der Waals surface area contributed by atoms with Crippen LogP contribution in [-0.4, -0.2) is 46.7 Å². The first-order valence-corrected chi connectivity index (χ1v) is 14.4. The average Bonchev–Trinajstić information content (AvgIpc) is 3.40. The number of ketones is 1. The maximum atomic E-state index is 13.5. The molecule has 1 unspecified atom stereocenters. The number of rotatable bonds is 10. The minimum atomic E-state index is -0.901. The lowest BCUT2D eigenvalue weighted by Crippen LogP contribution is -2.57. The summed E-state index contributed by atoms with van der Waals surface area (Å²) >= 11 is 0. The molecule has 2 amide bonds. The van der Waals surface area contributed by atoms with E-state index in [0.29, 0.717) is 18.6 Å². The molecule has 222 valence electrons. The molecule has 0 aliphatic carbocycles. The summed E-state index contributed by atoms with van der Waals surface area (Å²) in [6, 6.07) is -1.75. The maximum Gasteiger partial charge on any atom is 0.329 e. The highest BCUT2D eigenvalue weighted by Crippen LogP contribution is 2.24. The Labute approximate surface area is 238 Å². The molecular weight excluding hydrogens is 510 g/mol. The molecule has 1 aliphatic heterocycles. The number of carbonyl (C=O) groups excluding carboxylic acids is 4. The van der Waals surface area contributed by atoms with E-state index in [0.717, 1.165) is 24.0 Å². The number of esters is 1. The van der Waals surface area contributed by atoms with E-state index < -0.39 is 41.9 Å². The van der Waals surface area contributed by atoms with Crippen LogP contribution in [0.2, 0.25) is 0 Å². The van der Waals surface area contributed by atoms with Gasteiger partial charge >= 0.3 is 5.97 Å². The van der Waals surface area contributed by atoms with Gasteiger partial charge in [-0.25, -0.2) is 9.78 Å². The zero-order valence-corrected chi connectivity index (χ0v) is 25.3. The van der Waals surface area contributed by atoms with Crippen LogP contribution in [0.5, 0.6) is 0 Å². The van der Waals surface area contributed by atoms with Crippen LogP contribution >= 0.6 is 0 Å². The molecule has 2 heterocycles. The van der Waals surface area contributed by atoms with Gasteiger partial charge in [-0.05, 0) is 56.6 Å². The summed E-state index contributed by atoms with van der Waals surface area (Å²) in [4.78, 5) is 56.6. The third-order valence-electron chi connectivity index (χ3n) is 7.79. The van der Waals surface area contributed by atoms with Crippen molar-refractivity contribution in [3.63, 3.8) is 0 Å². The van der Waals surface area contributed by atoms with Crippen molar-refractivity contribution in [2.45, 2.75) is 106 Å². The van der Waals surface area contributed by atoms with Gasteiger partial charge in [0.1, 0.15) is 29.7 Å². The molecule has 0 aromatic carbocycles. The fourth-order valence-electron chi connectivity index (χ4n) is 4.95. The number of hydrogen-bond acceptors (Lipinski definition) is 7. The SMILES string of the molecule is CC[C@@H](C)[C@@H]1NC(=O)[C@@H]([C@@H](C)CC)NC(=O)CC(=O)[C@H](C)[C@H](/C=C(\C)CC(C)C/C(C)=C/c2cnco2)OC1=O. The topological polar surface area (TPSA) is 128 Å². The van der Waals surface area contributed by atoms with Crippen molar-refractivity contribution in [2.24, 2.45) is 23.7 Å². The van der Waals surface area contributed by atoms with Crippen LogP contribution in [0, 0.1) is 23.7 Å². The van der Waals surface area contributed by atoms with E-state index in [-0.39, 0.29) is 30.0 Å². The summed E-state index contributed by atoms with van der Waals surface area (Å²) in [7, 11) is 0. The van der Waals surface area contributed by atoms with Gasteiger partial charge in [0.05, 0.1) is 18.5 Å². The first-order chi connectivity index (χ1) is 18.9. The molecule has 1 aromatic rings. The largest absolute Gasteiger partial charge is 0.456 e. The third-order valence-corrected chi connectivity index (χ3v) is 7.79. The van der Waals surface area contributed by atoms with Crippen molar-refractivity contribution in [3.05, 3.63) is 35.6 Å². The number of allylic oxidation sites excluding steroid dienone is 2. The van der Waals surface area contributed by atoms with Crippen molar-refractivity contribution < 1.29 is 28.3 Å². The van der Waals surface area contributed by atoms with E-state index in [4.69, 9.17) is 9.15 Å². The predicted octanol–water partition coefficient (Wildman–Crippen LogP) is 5.02. The monoisotopic (exact) mass is 557 g/mol. The third kappa shape index (κ3) is 9.75. The Balaban J connectivity index is 2.30. The van der Waals surface area contributed by atoms with Crippen LogP contribution in [0.4, 0.5) is 0 Å². The molecule has 2 rings (SSSR count). The Morgan fingerprint density at radius 1 is 1.00 bits per heavy atom. The van der Waals surface area contributed by atoms with Crippen LogP contribution < -0.4 is 10.6 Å². The van der Waals surface area contributed by atoms with Crippen LogP contribution in [0.3, 0.4) is 0 Å². The molecule has 0 bridgehead atoms. The summed E-state index contributed by atoms with van der Waals surface area (Å²) in [5.41, 5.74) is 2.11. The lowest BCUT2D eigenvalue weighted by atomic mass is 9.90. The van der Waals surface area contributed by atoms with E-state index in [9.17, 15) is 19.2 Å². The highest BCUT2D eigenvalue weighted by Gasteiger charge is 2.37. The molecule has 9 nitrogen and oxygen atoms in total. The second kappa shape index (κ2) is 15.5. The summed E-state index contributed by atoms with van der Waals surface area (Å²) in [5, 5.41) is 5.58. The van der Waals surface area contributed by atoms with Gasteiger partial charge in [0.15, 0.2) is 6.39 Å². The molecule has 0 radical (unpaired) electrons. The van der Waals surface area contributed by atoms with Gasteiger partial charge < -0.3 is 19.8 Å². The first kappa shape index (κ1) is 33.0. The lowest BCUT2D eigenvalue weighted by molar-refractivity contribution is -0.156. The fraction of sp³-hybridized carbons (Fsp3) is 0.645. The molecule has 0 spiro atoms.